The van der Waals surface area contributed by atoms with Crippen molar-refractivity contribution in [3.8, 4) is 0 Å². The third-order valence-electron chi connectivity index (χ3n) is 4.49. The fourth-order valence-electron chi connectivity index (χ4n) is 2.77. The highest BCUT2D eigenvalue weighted by Gasteiger charge is 2.39. The van der Waals surface area contributed by atoms with Gasteiger partial charge in [0.2, 0.25) is 19.7 Å². The fourth-order valence-corrected chi connectivity index (χ4v) is 7.43. The summed E-state index contributed by atoms with van der Waals surface area (Å²) < 4.78 is 101. The van der Waals surface area contributed by atoms with E-state index in [1.807, 2.05) is 0 Å². The average molecular weight is 522 g/mol. The third kappa shape index (κ3) is 5.09. The molecule has 1 amide bonds. The van der Waals surface area contributed by atoms with Gasteiger partial charge < -0.3 is 5.32 Å². The average Bonchev–Trinajstić information content (AvgIpc) is 3.17. The molecule has 0 saturated carbocycles. The molecule has 0 radical (unpaired) electrons. The molecular formula is C20H15F4NO5S3. The van der Waals surface area contributed by atoms with E-state index in [2.05, 4.69) is 0 Å². The van der Waals surface area contributed by atoms with Gasteiger partial charge in [-0.15, -0.1) is 11.3 Å². The largest absolute Gasteiger partial charge is 0.471 e. The lowest BCUT2D eigenvalue weighted by Crippen LogP contribution is -2.38. The second-order valence-corrected chi connectivity index (χ2v) is 12.2. The van der Waals surface area contributed by atoms with Gasteiger partial charge >= 0.3 is 12.1 Å². The number of hydrogen-bond acceptors (Lipinski definition) is 6. The van der Waals surface area contributed by atoms with Crippen molar-refractivity contribution >= 4 is 36.9 Å². The van der Waals surface area contributed by atoms with Crippen LogP contribution in [0.5, 0.6) is 0 Å². The summed E-state index contributed by atoms with van der Waals surface area (Å²) in [7, 11) is -8.61. The van der Waals surface area contributed by atoms with Crippen LogP contribution in [0, 0.1) is 5.82 Å². The summed E-state index contributed by atoms with van der Waals surface area (Å²) in [6.45, 7) is 1.28. The second-order valence-electron chi connectivity index (χ2n) is 6.78. The van der Waals surface area contributed by atoms with E-state index in [1.54, 1.807) is 11.4 Å². The van der Waals surface area contributed by atoms with Crippen LogP contribution in [0.4, 0.5) is 17.6 Å². The molecule has 1 unspecified atom stereocenters. The Balaban J connectivity index is 1.90. The van der Waals surface area contributed by atoms with Gasteiger partial charge in [0.25, 0.3) is 0 Å². The first-order chi connectivity index (χ1) is 15.2. The molecule has 0 spiro atoms. The van der Waals surface area contributed by atoms with Crippen LogP contribution < -0.4 is 5.32 Å². The van der Waals surface area contributed by atoms with Crippen LogP contribution in [0.1, 0.15) is 18.5 Å². The number of sulfone groups is 2. The van der Waals surface area contributed by atoms with Gasteiger partial charge in [-0.1, -0.05) is 30.3 Å². The molecule has 13 heteroatoms. The van der Waals surface area contributed by atoms with E-state index in [0.29, 0.717) is 6.07 Å². The molecular weight excluding hydrogens is 506 g/mol. The molecule has 3 aromatic rings. The zero-order valence-corrected chi connectivity index (χ0v) is 19.1. The maximum atomic E-state index is 14.5. The van der Waals surface area contributed by atoms with Crippen molar-refractivity contribution in [3.05, 3.63) is 72.0 Å². The lowest BCUT2D eigenvalue weighted by atomic mass is 10.1. The molecule has 1 heterocycles. The smallest absolute Gasteiger partial charge is 0.342 e. The molecule has 0 aliphatic carbocycles. The highest BCUT2D eigenvalue weighted by atomic mass is 32.3. The van der Waals surface area contributed by atoms with Gasteiger partial charge in [0.1, 0.15) is 4.21 Å². The second kappa shape index (κ2) is 8.88. The van der Waals surface area contributed by atoms with Gasteiger partial charge in [0, 0.05) is 6.07 Å². The van der Waals surface area contributed by atoms with E-state index < -0.39 is 52.0 Å². The number of alkyl halides is 3. The quantitative estimate of drug-likeness (QED) is 0.488. The molecule has 2 aromatic carbocycles. The molecule has 1 atom stereocenters. The van der Waals surface area contributed by atoms with Gasteiger partial charge in [-0.2, -0.15) is 13.2 Å². The fraction of sp³-hybridized carbons (Fsp3) is 0.150. The number of carbonyl (C=O) groups is 1. The highest BCUT2D eigenvalue weighted by Crippen LogP contribution is 2.36. The predicted molar refractivity (Wildman–Crippen MR) is 111 cm³/mol. The van der Waals surface area contributed by atoms with Crippen molar-refractivity contribution in [2.75, 3.05) is 0 Å². The predicted octanol–water partition coefficient (Wildman–Crippen LogP) is 4.29. The standard InChI is InChI=1S/C20H15F4NO5S3/c1-12(25-19(26)20(22,23)24)13-7-9-15(10-8-13)32(27,28)17-11-16(21)18(31-17)33(29,30)14-5-3-2-4-6-14/h2-12H,1H3,(H,25,26). The van der Waals surface area contributed by atoms with E-state index >= 15 is 0 Å². The molecule has 1 N–H and O–H groups in total. The summed E-state index contributed by atoms with van der Waals surface area (Å²) in [5.74, 6) is -3.37. The van der Waals surface area contributed by atoms with Crippen molar-refractivity contribution in [2.45, 2.75) is 37.4 Å². The van der Waals surface area contributed by atoms with Gasteiger partial charge in [0.05, 0.1) is 15.8 Å². The summed E-state index contributed by atoms with van der Waals surface area (Å²) in [6, 6.07) is 11.0. The summed E-state index contributed by atoms with van der Waals surface area (Å²) in [6.07, 6.45) is -5.07. The van der Waals surface area contributed by atoms with Crippen LogP contribution in [0.25, 0.3) is 0 Å². The van der Waals surface area contributed by atoms with E-state index in [4.69, 9.17) is 0 Å². The minimum atomic E-state index is -5.07. The van der Waals surface area contributed by atoms with Crippen molar-refractivity contribution < 1.29 is 39.2 Å². The van der Waals surface area contributed by atoms with Crippen LogP contribution in [0.15, 0.2) is 78.9 Å². The Kier molecular flexibility index (Phi) is 6.69. The summed E-state index contributed by atoms with van der Waals surface area (Å²) in [4.78, 5) is 10.5. The molecule has 1 aromatic heterocycles. The Morgan fingerprint density at radius 1 is 0.909 bits per heavy atom. The SMILES string of the molecule is CC(NC(=O)C(F)(F)F)c1ccc(S(=O)(=O)c2cc(F)c(S(=O)(=O)c3ccccc3)s2)cc1. The lowest BCUT2D eigenvalue weighted by Gasteiger charge is -2.16. The first kappa shape index (κ1) is 24.9. The molecule has 3 rings (SSSR count). The molecule has 0 aliphatic rings. The monoisotopic (exact) mass is 521 g/mol. The van der Waals surface area contributed by atoms with Crippen LogP contribution in [0.3, 0.4) is 0 Å². The Morgan fingerprint density at radius 3 is 2.00 bits per heavy atom. The summed E-state index contributed by atoms with van der Waals surface area (Å²) in [5, 5.41) is 1.74. The van der Waals surface area contributed by atoms with Crippen LogP contribution >= 0.6 is 11.3 Å². The molecule has 6 nitrogen and oxygen atoms in total. The number of thiophene rings is 1. The van der Waals surface area contributed by atoms with E-state index in [0.717, 1.165) is 12.1 Å². The molecule has 176 valence electrons. The maximum Gasteiger partial charge on any atom is 0.471 e. The zero-order chi connectivity index (χ0) is 24.6. The number of halogens is 4. The topological polar surface area (TPSA) is 97.4 Å². The Bertz CT molecular complexity index is 1380. The highest BCUT2D eigenvalue weighted by molar-refractivity contribution is 7.96. The van der Waals surface area contributed by atoms with Gasteiger partial charge in [-0.3, -0.25) is 4.79 Å². The van der Waals surface area contributed by atoms with Crippen LogP contribution in [-0.2, 0) is 24.5 Å². The lowest BCUT2D eigenvalue weighted by molar-refractivity contribution is -0.174. The number of benzene rings is 2. The third-order valence-corrected chi connectivity index (χ3v) is 10.1. The van der Waals surface area contributed by atoms with Crippen molar-refractivity contribution in [1.29, 1.82) is 0 Å². The Morgan fingerprint density at radius 2 is 1.45 bits per heavy atom. The van der Waals surface area contributed by atoms with E-state index in [-0.39, 0.29) is 26.7 Å². The number of amides is 1. The van der Waals surface area contributed by atoms with Crippen molar-refractivity contribution in [1.82, 2.24) is 5.32 Å². The van der Waals surface area contributed by atoms with Gasteiger partial charge in [0.15, 0.2) is 10.0 Å². The minimum absolute atomic E-state index is 0.191. The number of nitrogens with one attached hydrogen (secondary N) is 1. The van der Waals surface area contributed by atoms with Gasteiger partial charge in [-0.25, -0.2) is 21.2 Å². The maximum absolute atomic E-state index is 14.5. The first-order valence-corrected chi connectivity index (χ1v) is 12.8. The van der Waals surface area contributed by atoms with E-state index in [9.17, 15) is 39.2 Å². The Labute approximate surface area is 190 Å². The number of carbonyl (C=O) groups excluding carboxylic acids is 1. The number of hydrogen-bond donors (Lipinski definition) is 1. The van der Waals surface area contributed by atoms with Crippen molar-refractivity contribution in [2.24, 2.45) is 0 Å². The van der Waals surface area contributed by atoms with Crippen LogP contribution in [-0.4, -0.2) is 28.9 Å². The zero-order valence-electron chi connectivity index (χ0n) is 16.6. The van der Waals surface area contributed by atoms with E-state index in [1.165, 1.54) is 43.3 Å². The normalized spacial score (nSPS) is 13.5. The minimum Gasteiger partial charge on any atom is -0.342 e. The molecule has 0 saturated heterocycles. The molecule has 0 aliphatic heterocycles. The van der Waals surface area contributed by atoms with Crippen molar-refractivity contribution in [3.63, 3.8) is 0 Å². The van der Waals surface area contributed by atoms with Crippen LogP contribution in [0.2, 0.25) is 0 Å². The molecule has 33 heavy (non-hydrogen) atoms. The molecule has 0 fully saturated rings. The van der Waals surface area contributed by atoms with Gasteiger partial charge in [-0.05, 0) is 36.8 Å². The first-order valence-electron chi connectivity index (χ1n) is 9.07. The summed E-state index contributed by atoms with van der Waals surface area (Å²) >= 11 is 0.252. The Hall–Kier alpha value is -2.77. The summed E-state index contributed by atoms with van der Waals surface area (Å²) in [5.41, 5.74) is 0.191. The number of rotatable bonds is 6. The molecule has 0 bridgehead atoms.